The number of piperidine rings is 1. The van der Waals surface area contributed by atoms with Gasteiger partial charge in [0.2, 0.25) is 0 Å². The summed E-state index contributed by atoms with van der Waals surface area (Å²) in [5, 5.41) is 0. The van der Waals surface area contributed by atoms with E-state index in [1.165, 1.54) is 69.8 Å². The predicted molar refractivity (Wildman–Crippen MR) is 144 cm³/mol. The second-order valence-corrected chi connectivity index (χ2v) is 12.2. The monoisotopic (exact) mass is 510 g/mol. The summed E-state index contributed by atoms with van der Waals surface area (Å²) in [6, 6.07) is 8.22. The molecule has 1 N–H and O–H groups in total. The summed E-state index contributed by atoms with van der Waals surface area (Å²) in [5.41, 5.74) is 2.12. The molecule has 1 heterocycles. The van der Waals surface area contributed by atoms with Gasteiger partial charge in [0.05, 0.1) is 0 Å². The van der Waals surface area contributed by atoms with E-state index in [0.717, 1.165) is 24.9 Å². The van der Waals surface area contributed by atoms with E-state index in [1.807, 2.05) is 26.0 Å². The molecule has 7 heteroatoms. The Balaban J connectivity index is 1.95. The van der Waals surface area contributed by atoms with E-state index in [4.69, 9.17) is 9.39 Å². The van der Waals surface area contributed by atoms with E-state index in [-0.39, 0.29) is 16.7 Å². The number of benzene rings is 1. The van der Waals surface area contributed by atoms with Crippen molar-refractivity contribution in [2.24, 2.45) is 5.92 Å². The van der Waals surface area contributed by atoms with Gasteiger partial charge in [0.15, 0.2) is 11.4 Å². The minimum Gasteiger partial charge on any atom is -0.285 e. The molecule has 1 aliphatic heterocycles. The number of rotatable bonds is 15. The number of quaternary nitrogens is 1. The maximum atomic E-state index is 12.5. The van der Waals surface area contributed by atoms with Crippen molar-refractivity contribution in [2.45, 2.75) is 123 Å². The predicted octanol–water partition coefficient (Wildman–Crippen LogP) is 7.01. The zero-order chi connectivity index (χ0) is 25.9. The van der Waals surface area contributed by atoms with Gasteiger partial charge < -0.3 is 0 Å². The highest BCUT2D eigenvalue weighted by Gasteiger charge is 2.51. The van der Waals surface area contributed by atoms with Crippen LogP contribution in [0.25, 0.3) is 0 Å². The first-order chi connectivity index (χ1) is 16.6. The van der Waals surface area contributed by atoms with Gasteiger partial charge in [0.25, 0.3) is 10.1 Å². The molecule has 1 saturated heterocycles. The van der Waals surface area contributed by atoms with Crippen molar-refractivity contribution in [2.75, 3.05) is 5.75 Å². The van der Waals surface area contributed by atoms with Gasteiger partial charge in [-0.2, -0.15) is 8.42 Å². The molecule has 1 aromatic carbocycles. The van der Waals surface area contributed by atoms with Crippen molar-refractivity contribution in [1.29, 1.82) is 0 Å². The second-order valence-electron chi connectivity index (χ2n) is 10.8. The summed E-state index contributed by atoms with van der Waals surface area (Å²) in [6.45, 7) is 8.54. The standard InChI is InChI=1S/C28H47NO5S/c1-5-6-7-8-9-10-11-12-13-14-15-26-16-18-27(19-17-26)29(34-28(30)22-35(31,32)33)24(3)20-23(2)21-25(29)4/h16-19,23-25H,5-15,20-22H2,1-4H3/p+1. The number of hydroxylamine groups is 2. The van der Waals surface area contributed by atoms with Crippen LogP contribution in [-0.4, -0.2) is 36.8 Å². The molecule has 0 aromatic heterocycles. The lowest BCUT2D eigenvalue weighted by atomic mass is 9.87. The van der Waals surface area contributed by atoms with Crippen LogP contribution in [-0.2, 0) is 26.2 Å². The van der Waals surface area contributed by atoms with Crippen molar-refractivity contribution in [1.82, 2.24) is 4.65 Å². The largest absolute Gasteiger partial charge is 0.384 e. The Kier molecular flexibility index (Phi) is 12.2. The molecule has 0 aliphatic carbocycles. The molecule has 2 rings (SSSR count). The van der Waals surface area contributed by atoms with Gasteiger partial charge in [0.1, 0.15) is 12.1 Å². The van der Waals surface area contributed by atoms with Crippen LogP contribution in [0.4, 0.5) is 5.69 Å². The van der Waals surface area contributed by atoms with Gasteiger partial charge in [-0.3, -0.25) is 9.39 Å². The van der Waals surface area contributed by atoms with E-state index >= 15 is 0 Å². The summed E-state index contributed by atoms with van der Waals surface area (Å²) in [6.07, 6.45) is 15.9. The van der Waals surface area contributed by atoms with Gasteiger partial charge in [-0.05, 0) is 38.2 Å². The molecule has 35 heavy (non-hydrogen) atoms. The van der Waals surface area contributed by atoms with E-state index in [2.05, 4.69) is 26.0 Å². The third-order valence-electron chi connectivity index (χ3n) is 7.51. The van der Waals surface area contributed by atoms with Crippen LogP contribution in [0.15, 0.2) is 24.3 Å². The topological polar surface area (TPSA) is 80.7 Å². The first-order valence-corrected chi connectivity index (χ1v) is 15.3. The van der Waals surface area contributed by atoms with Gasteiger partial charge in [0, 0.05) is 25.0 Å². The minimum atomic E-state index is -4.44. The smallest absolute Gasteiger partial charge is 0.285 e. The van der Waals surface area contributed by atoms with Crippen molar-refractivity contribution < 1.29 is 22.6 Å². The van der Waals surface area contributed by atoms with E-state index < -0.39 is 21.8 Å². The molecule has 6 nitrogen and oxygen atoms in total. The van der Waals surface area contributed by atoms with Gasteiger partial charge >= 0.3 is 5.97 Å². The van der Waals surface area contributed by atoms with Crippen molar-refractivity contribution in [3.63, 3.8) is 0 Å². The summed E-state index contributed by atoms with van der Waals surface area (Å²) in [7, 11) is -4.44. The molecule has 0 radical (unpaired) electrons. The maximum absolute atomic E-state index is 12.5. The molecular formula is C28H48NO5S+. The van der Waals surface area contributed by atoms with Crippen LogP contribution in [0.3, 0.4) is 0 Å². The molecule has 0 bridgehead atoms. The number of carbonyl (C=O) groups excluding carboxylic acids is 1. The van der Waals surface area contributed by atoms with Crippen molar-refractivity contribution in [3.05, 3.63) is 29.8 Å². The Bertz CT molecular complexity index is 856. The zero-order valence-electron chi connectivity index (χ0n) is 22.4. The maximum Gasteiger partial charge on any atom is 0.384 e. The van der Waals surface area contributed by atoms with E-state index in [9.17, 15) is 13.2 Å². The number of aryl methyl sites for hydroxylation is 1. The minimum absolute atomic E-state index is 0.0214. The number of hydrogen-bond donors (Lipinski definition) is 1. The van der Waals surface area contributed by atoms with Crippen LogP contribution >= 0.6 is 0 Å². The summed E-state index contributed by atoms with van der Waals surface area (Å²) in [4.78, 5) is 18.4. The highest BCUT2D eigenvalue weighted by Crippen LogP contribution is 2.40. The lowest BCUT2D eigenvalue weighted by Gasteiger charge is -2.47. The Morgan fingerprint density at radius 3 is 1.86 bits per heavy atom. The lowest BCUT2D eigenvalue weighted by molar-refractivity contribution is -0.213. The molecule has 0 amide bonds. The molecule has 1 aliphatic rings. The first kappa shape index (κ1) is 29.8. The fraction of sp³-hybridized carbons (Fsp3) is 0.750. The molecule has 2 unspecified atom stereocenters. The lowest BCUT2D eigenvalue weighted by Crippen LogP contribution is -2.65. The number of hydrogen-bond acceptors (Lipinski definition) is 4. The van der Waals surface area contributed by atoms with Crippen LogP contribution < -0.4 is 4.65 Å². The average Bonchev–Trinajstić information content (AvgIpc) is 2.77. The van der Waals surface area contributed by atoms with Crippen LogP contribution in [0.1, 0.15) is 110 Å². The molecule has 0 spiro atoms. The second kappa shape index (κ2) is 14.3. The van der Waals surface area contributed by atoms with Crippen LogP contribution in [0.2, 0.25) is 0 Å². The normalized spacial score (nSPS) is 24.9. The molecular weight excluding hydrogens is 462 g/mol. The number of unbranched alkanes of at least 4 members (excludes halogenated alkanes) is 9. The van der Waals surface area contributed by atoms with Gasteiger partial charge in [-0.25, -0.2) is 4.79 Å². The zero-order valence-corrected chi connectivity index (χ0v) is 23.2. The van der Waals surface area contributed by atoms with Crippen LogP contribution in [0, 0.1) is 5.92 Å². The Morgan fingerprint density at radius 2 is 1.37 bits per heavy atom. The fourth-order valence-electron chi connectivity index (χ4n) is 5.81. The summed E-state index contributed by atoms with van der Waals surface area (Å²) >= 11 is 0. The third-order valence-corrected chi connectivity index (χ3v) is 8.11. The first-order valence-electron chi connectivity index (χ1n) is 13.7. The SMILES string of the molecule is CCCCCCCCCCCCc1ccc([N+]2(OC(=O)CS(=O)(=O)O)C(C)CC(C)CC2C)cc1. The molecule has 1 fully saturated rings. The molecule has 0 saturated carbocycles. The van der Waals surface area contributed by atoms with Crippen molar-refractivity contribution >= 4 is 21.8 Å². The summed E-state index contributed by atoms with van der Waals surface area (Å²) in [5.74, 6) is -1.46. The average molecular weight is 511 g/mol. The molecule has 200 valence electrons. The van der Waals surface area contributed by atoms with E-state index in [1.54, 1.807) is 0 Å². The Hall–Kier alpha value is -1.44. The van der Waals surface area contributed by atoms with Crippen molar-refractivity contribution in [3.8, 4) is 0 Å². The highest BCUT2D eigenvalue weighted by molar-refractivity contribution is 7.86. The molecule has 1 aromatic rings. The quantitative estimate of drug-likeness (QED) is 0.156. The fourth-order valence-corrected chi connectivity index (χ4v) is 6.16. The Morgan fingerprint density at radius 1 is 0.886 bits per heavy atom. The van der Waals surface area contributed by atoms with Gasteiger partial charge in [-0.1, -0.05) is 88.4 Å². The summed E-state index contributed by atoms with van der Waals surface area (Å²) < 4.78 is 31.6. The highest BCUT2D eigenvalue weighted by atomic mass is 32.2. The molecule has 2 atom stereocenters. The number of nitrogens with zero attached hydrogens (tertiary/aromatic N) is 1. The van der Waals surface area contributed by atoms with Crippen LogP contribution in [0.5, 0.6) is 0 Å². The van der Waals surface area contributed by atoms with E-state index in [0.29, 0.717) is 5.92 Å². The third kappa shape index (κ3) is 9.51. The Labute approximate surface area is 213 Å². The van der Waals surface area contributed by atoms with Gasteiger partial charge in [-0.15, -0.1) is 0 Å². The number of carbonyl (C=O) groups is 1.